The van der Waals surface area contributed by atoms with Gasteiger partial charge in [0.25, 0.3) is 11.8 Å². The fraction of sp³-hybridized carbons (Fsp3) is 0.200. The average Bonchev–Trinajstić information content (AvgIpc) is 2.93. The molecular formula is C20H18N2O6. The van der Waals surface area contributed by atoms with Crippen LogP contribution in [-0.2, 0) is 20.7 Å². The van der Waals surface area contributed by atoms with E-state index in [1.165, 1.54) is 31.4 Å². The molecule has 2 N–H and O–H groups in total. The fourth-order valence-corrected chi connectivity index (χ4v) is 2.97. The smallest absolute Gasteiger partial charge is 0.328 e. The summed E-state index contributed by atoms with van der Waals surface area (Å²) >= 11 is 0. The van der Waals surface area contributed by atoms with Gasteiger partial charge in [-0.25, -0.2) is 4.79 Å². The molecule has 8 nitrogen and oxygen atoms in total. The lowest BCUT2D eigenvalue weighted by atomic mass is 10.1. The molecule has 28 heavy (non-hydrogen) atoms. The van der Waals surface area contributed by atoms with Crippen molar-refractivity contribution >= 4 is 23.7 Å². The minimum Gasteiger partial charge on any atom is -0.508 e. The van der Waals surface area contributed by atoms with Crippen LogP contribution in [0.5, 0.6) is 5.75 Å². The molecule has 2 aromatic carbocycles. The standard InChI is InChI=1S/C20H18N2O6/c1-28-20(27)16(10-12-6-8-13(23)9-7-12)21-17(24)11-22-18(25)14-4-2-3-5-15(14)19(22)26/h2-9,16,23H,10-11H2,1H3,(H,21,24). The Kier molecular flexibility index (Phi) is 5.39. The number of phenols is 1. The van der Waals surface area contributed by atoms with Gasteiger partial charge in [-0.1, -0.05) is 24.3 Å². The van der Waals surface area contributed by atoms with Crippen LogP contribution in [-0.4, -0.2) is 53.4 Å². The molecule has 0 aromatic heterocycles. The lowest BCUT2D eigenvalue weighted by molar-refractivity contribution is -0.145. The lowest BCUT2D eigenvalue weighted by Gasteiger charge is -2.19. The van der Waals surface area contributed by atoms with Gasteiger partial charge in [0.05, 0.1) is 18.2 Å². The van der Waals surface area contributed by atoms with E-state index in [-0.39, 0.29) is 23.3 Å². The minimum atomic E-state index is -1.00. The molecule has 0 saturated carbocycles. The van der Waals surface area contributed by atoms with Crippen molar-refractivity contribution in [2.24, 2.45) is 0 Å². The van der Waals surface area contributed by atoms with Gasteiger partial charge in [-0.15, -0.1) is 0 Å². The van der Waals surface area contributed by atoms with Crippen molar-refractivity contribution in [3.8, 4) is 5.75 Å². The van der Waals surface area contributed by atoms with Crippen LogP contribution in [0.1, 0.15) is 26.3 Å². The van der Waals surface area contributed by atoms with Gasteiger partial charge in [-0.2, -0.15) is 0 Å². The summed E-state index contributed by atoms with van der Waals surface area (Å²) in [6.07, 6.45) is 0.126. The number of carbonyl (C=O) groups is 4. The molecule has 0 aliphatic carbocycles. The molecule has 1 atom stereocenters. The van der Waals surface area contributed by atoms with Gasteiger partial charge in [0, 0.05) is 6.42 Å². The molecule has 0 saturated heterocycles. The summed E-state index contributed by atoms with van der Waals surface area (Å²) in [5, 5.41) is 11.8. The number of carbonyl (C=O) groups excluding carboxylic acids is 4. The second kappa shape index (κ2) is 7.91. The van der Waals surface area contributed by atoms with Gasteiger partial charge in [0.2, 0.25) is 5.91 Å². The van der Waals surface area contributed by atoms with E-state index in [9.17, 15) is 24.3 Å². The first kappa shape index (κ1) is 19.1. The number of aromatic hydroxyl groups is 1. The maximum atomic E-state index is 12.4. The second-order valence-corrected chi connectivity index (χ2v) is 6.26. The zero-order valence-corrected chi connectivity index (χ0v) is 15.0. The maximum absolute atomic E-state index is 12.4. The zero-order chi connectivity index (χ0) is 20.3. The number of rotatable bonds is 6. The highest BCUT2D eigenvalue weighted by atomic mass is 16.5. The molecule has 1 unspecified atom stereocenters. The Balaban J connectivity index is 1.69. The Morgan fingerprint density at radius 1 is 1.04 bits per heavy atom. The molecule has 1 aliphatic heterocycles. The first-order chi connectivity index (χ1) is 13.4. The minimum absolute atomic E-state index is 0.0769. The number of nitrogens with one attached hydrogen (secondary N) is 1. The van der Waals surface area contributed by atoms with Crippen molar-refractivity contribution in [1.82, 2.24) is 10.2 Å². The van der Waals surface area contributed by atoms with E-state index in [0.29, 0.717) is 5.56 Å². The molecule has 0 fully saturated rings. The largest absolute Gasteiger partial charge is 0.508 e. The van der Waals surface area contributed by atoms with Crippen LogP contribution in [0, 0.1) is 0 Å². The number of hydrogen-bond acceptors (Lipinski definition) is 6. The van der Waals surface area contributed by atoms with Gasteiger partial charge in [-0.05, 0) is 29.8 Å². The SMILES string of the molecule is COC(=O)C(Cc1ccc(O)cc1)NC(=O)CN1C(=O)c2ccccc2C1=O. The lowest BCUT2D eigenvalue weighted by Crippen LogP contribution is -2.48. The number of hydrogen-bond donors (Lipinski definition) is 2. The Hall–Kier alpha value is -3.68. The Labute approximate surface area is 160 Å². The normalized spacial score (nSPS) is 13.8. The third kappa shape index (κ3) is 3.85. The van der Waals surface area contributed by atoms with Crippen LogP contribution in [0.2, 0.25) is 0 Å². The summed E-state index contributed by atoms with van der Waals surface area (Å²) in [6, 6.07) is 11.5. The van der Waals surface area contributed by atoms with Crippen LogP contribution in [0.25, 0.3) is 0 Å². The summed E-state index contributed by atoms with van der Waals surface area (Å²) in [6.45, 7) is -0.505. The number of imide groups is 1. The zero-order valence-electron chi connectivity index (χ0n) is 15.0. The molecule has 0 bridgehead atoms. The van der Waals surface area contributed by atoms with Crippen molar-refractivity contribution in [2.75, 3.05) is 13.7 Å². The summed E-state index contributed by atoms with van der Waals surface area (Å²) < 4.78 is 4.72. The monoisotopic (exact) mass is 382 g/mol. The molecular weight excluding hydrogens is 364 g/mol. The number of fused-ring (bicyclic) bond motifs is 1. The number of methoxy groups -OCH3 is 1. The van der Waals surface area contributed by atoms with E-state index >= 15 is 0 Å². The van der Waals surface area contributed by atoms with Gasteiger partial charge < -0.3 is 15.2 Å². The van der Waals surface area contributed by atoms with Crippen LogP contribution in [0.3, 0.4) is 0 Å². The van der Waals surface area contributed by atoms with E-state index in [4.69, 9.17) is 4.74 Å². The number of benzene rings is 2. The Bertz CT molecular complexity index is 903. The summed E-state index contributed by atoms with van der Waals surface area (Å²) in [5.74, 6) is -2.35. The summed E-state index contributed by atoms with van der Waals surface area (Å²) in [5.41, 5.74) is 1.18. The number of nitrogens with zero attached hydrogens (tertiary/aromatic N) is 1. The average molecular weight is 382 g/mol. The number of ether oxygens (including phenoxy) is 1. The van der Waals surface area contributed by atoms with E-state index in [0.717, 1.165) is 4.90 Å². The molecule has 0 spiro atoms. The van der Waals surface area contributed by atoms with Crippen LogP contribution >= 0.6 is 0 Å². The van der Waals surface area contributed by atoms with Crippen molar-refractivity contribution < 1.29 is 29.0 Å². The third-order valence-corrected chi connectivity index (χ3v) is 4.38. The van der Waals surface area contributed by atoms with Crippen LogP contribution in [0.15, 0.2) is 48.5 Å². The fourth-order valence-electron chi connectivity index (χ4n) is 2.97. The summed E-state index contributed by atoms with van der Waals surface area (Å²) in [4.78, 5) is 50.0. The predicted octanol–water partition coefficient (Wildman–Crippen LogP) is 0.889. The Morgan fingerprint density at radius 3 is 2.14 bits per heavy atom. The van der Waals surface area contributed by atoms with Gasteiger partial charge in [0.1, 0.15) is 18.3 Å². The van der Waals surface area contributed by atoms with Crippen LogP contribution < -0.4 is 5.32 Å². The quantitative estimate of drug-likeness (QED) is 0.567. The highest BCUT2D eigenvalue weighted by Gasteiger charge is 2.36. The first-order valence-corrected chi connectivity index (χ1v) is 8.51. The molecule has 0 radical (unpaired) electrons. The van der Waals surface area contributed by atoms with E-state index in [1.807, 2.05) is 0 Å². The Morgan fingerprint density at radius 2 is 1.61 bits per heavy atom. The van der Waals surface area contributed by atoms with Crippen LogP contribution in [0.4, 0.5) is 0 Å². The van der Waals surface area contributed by atoms with Crippen molar-refractivity contribution in [3.63, 3.8) is 0 Å². The van der Waals surface area contributed by atoms with Gasteiger partial charge >= 0.3 is 5.97 Å². The van der Waals surface area contributed by atoms with E-state index < -0.39 is 36.3 Å². The van der Waals surface area contributed by atoms with E-state index in [1.54, 1.807) is 24.3 Å². The number of phenolic OH excluding ortho intramolecular Hbond substituents is 1. The van der Waals surface area contributed by atoms with Crippen molar-refractivity contribution in [1.29, 1.82) is 0 Å². The molecule has 1 aliphatic rings. The number of amides is 3. The molecule has 8 heteroatoms. The molecule has 2 aromatic rings. The predicted molar refractivity (Wildman–Crippen MR) is 97.6 cm³/mol. The third-order valence-electron chi connectivity index (χ3n) is 4.38. The second-order valence-electron chi connectivity index (χ2n) is 6.26. The highest BCUT2D eigenvalue weighted by Crippen LogP contribution is 2.22. The van der Waals surface area contributed by atoms with Crippen molar-refractivity contribution in [2.45, 2.75) is 12.5 Å². The molecule has 1 heterocycles. The molecule has 144 valence electrons. The highest BCUT2D eigenvalue weighted by molar-refractivity contribution is 6.22. The van der Waals surface area contributed by atoms with E-state index in [2.05, 4.69) is 5.32 Å². The maximum Gasteiger partial charge on any atom is 0.328 e. The first-order valence-electron chi connectivity index (χ1n) is 8.51. The molecule has 3 amide bonds. The van der Waals surface area contributed by atoms with Crippen molar-refractivity contribution in [3.05, 3.63) is 65.2 Å². The topological polar surface area (TPSA) is 113 Å². The van der Waals surface area contributed by atoms with Gasteiger partial charge in [0.15, 0.2) is 0 Å². The van der Waals surface area contributed by atoms with Gasteiger partial charge in [-0.3, -0.25) is 19.3 Å². The number of esters is 1. The molecule has 3 rings (SSSR count). The summed E-state index contributed by atoms with van der Waals surface area (Å²) in [7, 11) is 1.20.